The number of allylic oxidation sites excluding steroid dienone is 2. The number of hydrogen-bond acceptors (Lipinski definition) is 5. The number of carbonyl (C=O) groups excluding carboxylic acids is 2. The van der Waals surface area contributed by atoms with E-state index in [-0.39, 0.29) is 11.8 Å². The van der Waals surface area contributed by atoms with Crippen molar-refractivity contribution < 1.29 is 23.2 Å². The maximum absolute atomic E-state index is 12.9. The highest BCUT2D eigenvalue weighted by molar-refractivity contribution is 6.25. The SMILES string of the molecule is Cc1cc(/C(=C2\C(=O)OC(=O)\C2=C(/c2cc(C)oc2C)C(C)C)C(C)C)c(C)o1. The molecule has 3 heterocycles. The second-order valence-corrected chi connectivity index (χ2v) is 8.22. The van der Waals surface area contributed by atoms with E-state index >= 15 is 0 Å². The van der Waals surface area contributed by atoms with Crippen LogP contribution in [0, 0.1) is 39.5 Å². The van der Waals surface area contributed by atoms with Gasteiger partial charge in [0.05, 0.1) is 11.1 Å². The molecule has 3 rings (SSSR count). The Balaban J connectivity index is 2.44. The molecule has 1 fully saturated rings. The summed E-state index contributed by atoms with van der Waals surface area (Å²) in [5.74, 6) is 1.68. The first-order valence-electron chi connectivity index (χ1n) is 9.92. The Kier molecular flexibility index (Phi) is 5.44. The van der Waals surface area contributed by atoms with Crippen LogP contribution in [0.2, 0.25) is 0 Å². The summed E-state index contributed by atoms with van der Waals surface area (Å²) in [6.45, 7) is 15.5. The second kappa shape index (κ2) is 7.54. The third kappa shape index (κ3) is 3.61. The summed E-state index contributed by atoms with van der Waals surface area (Å²) < 4.78 is 16.6. The number of hydrogen-bond donors (Lipinski definition) is 0. The maximum atomic E-state index is 12.9. The van der Waals surface area contributed by atoms with E-state index in [1.54, 1.807) is 0 Å². The molecule has 0 radical (unpaired) electrons. The normalized spacial score (nSPS) is 18.1. The zero-order chi connectivity index (χ0) is 21.6. The Labute approximate surface area is 171 Å². The van der Waals surface area contributed by atoms with Crippen molar-refractivity contribution in [3.8, 4) is 0 Å². The molecule has 2 aromatic rings. The third-order valence-electron chi connectivity index (χ3n) is 5.20. The van der Waals surface area contributed by atoms with Gasteiger partial charge in [-0.2, -0.15) is 0 Å². The van der Waals surface area contributed by atoms with Gasteiger partial charge in [0.1, 0.15) is 23.0 Å². The minimum atomic E-state index is -0.608. The molecule has 29 heavy (non-hydrogen) atoms. The lowest BCUT2D eigenvalue weighted by Crippen LogP contribution is -2.09. The van der Waals surface area contributed by atoms with E-state index < -0.39 is 11.9 Å². The van der Waals surface area contributed by atoms with E-state index in [1.165, 1.54) is 0 Å². The van der Waals surface area contributed by atoms with Gasteiger partial charge in [0, 0.05) is 11.1 Å². The van der Waals surface area contributed by atoms with Crippen molar-refractivity contribution in [2.45, 2.75) is 55.4 Å². The van der Waals surface area contributed by atoms with Crippen LogP contribution >= 0.6 is 0 Å². The lowest BCUT2D eigenvalue weighted by Gasteiger charge is -2.17. The van der Waals surface area contributed by atoms with E-state index in [4.69, 9.17) is 13.6 Å². The van der Waals surface area contributed by atoms with Gasteiger partial charge >= 0.3 is 11.9 Å². The number of carbonyl (C=O) groups is 2. The second-order valence-electron chi connectivity index (χ2n) is 8.22. The number of rotatable bonds is 4. The zero-order valence-corrected chi connectivity index (χ0v) is 18.4. The molecular weight excluding hydrogens is 368 g/mol. The quantitative estimate of drug-likeness (QED) is 0.376. The van der Waals surface area contributed by atoms with Gasteiger partial charge in [-0.15, -0.1) is 0 Å². The molecule has 0 aromatic carbocycles. The number of aryl methyl sites for hydroxylation is 4. The summed E-state index contributed by atoms with van der Waals surface area (Å²) in [6.07, 6.45) is 0. The molecule has 0 unspecified atom stereocenters. The molecule has 0 N–H and O–H groups in total. The van der Waals surface area contributed by atoms with Gasteiger partial charge in [-0.05, 0) is 62.8 Å². The Morgan fingerprint density at radius 1 is 0.690 bits per heavy atom. The van der Waals surface area contributed by atoms with Crippen molar-refractivity contribution in [3.63, 3.8) is 0 Å². The molecule has 0 aliphatic carbocycles. The van der Waals surface area contributed by atoms with Crippen molar-refractivity contribution in [2.75, 3.05) is 0 Å². The lowest BCUT2D eigenvalue weighted by atomic mass is 9.82. The summed E-state index contributed by atoms with van der Waals surface area (Å²) in [7, 11) is 0. The van der Waals surface area contributed by atoms with E-state index in [2.05, 4.69) is 0 Å². The van der Waals surface area contributed by atoms with Crippen LogP contribution in [0.1, 0.15) is 61.9 Å². The fourth-order valence-electron chi connectivity index (χ4n) is 4.14. The minimum absolute atomic E-state index is 0.0188. The van der Waals surface area contributed by atoms with Crippen LogP contribution in [0.5, 0.6) is 0 Å². The molecule has 1 saturated heterocycles. The summed E-state index contributed by atoms with van der Waals surface area (Å²) >= 11 is 0. The largest absolute Gasteiger partial charge is 0.466 e. The molecule has 5 nitrogen and oxygen atoms in total. The summed E-state index contributed by atoms with van der Waals surface area (Å²) in [4.78, 5) is 25.8. The fraction of sp³-hybridized carbons (Fsp3) is 0.417. The van der Waals surface area contributed by atoms with Gasteiger partial charge in [-0.3, -0.25) is 0 Å². The average Bonchev–Trinajstić information content (AvgIpc) is 3.18. The van der Waals surface area contributed by atoms with Crippen LogP contribution < -0.4 is 0 Å². The predicted molar refractivity (Wildman–Crippen MR) is 111 cm³/mol. The molecule has 1 aliphatic rings. The Bertz CT molecular complexity index is 969. The molecule has 0 atom stereocenters. The number of esters is 2. The highest BCUT2D eigenvalue weighted by Crippen LogP contribution is 2.43. The summed E-state index contributed by atoms with van der Waals surface area (Å²) in [5, 5.41) is 0. The molecule has 0 bridgehead atoms. The molecule has 0 spiro atoms. The van der Waals surface area contributed by atoms with E-state index in [0.29, 0.717) is 22.7 Å². The summed E-state index contributed by atoms with van der Waals surface area (Å²) in [5.41, 5.74) is 3.86. The number of cyclic esters (lactones) is 2. The van der Waals surface area contributed by atoms with Crippen molar-refractivity contribution >= 4 is 23.1 Å². The van der Waals surface area contributed by atoms with Gasteiger partial charge in [-0.1, -0.05) is 27.7 Å². The van der Waals surface area contributed by atoms with Crippen LogP contribution in [0.4, 0.5) is 0 Å². The van der Waals surface area contributed by atoms with Gasteiger partial charge < -0.3 is 13.6 Å². The Hall–Kier alpha value is -2.82. The van der Waals surface area contributed by atoms with E-state index in [1.807, 2.05) is 67.5 Å². The van der Waals surface area contributed by atoms with Crippen LogP contribution in [0.3, 0.4) is 0 Å². The monoisotopic (exact) mass is 396 g/mol. The van der Waals surface area contributed by atoms with Gasteiger partial charge in [0.2, 0.25) is 0 Å². The van der Waals surface area contributed by atoms with Gasteiger partial charge in [0.15, 0.2) is 0 Å². The zero-order valence-electron chi connectivity index (χ0n) is 18.4. The topological polar surface area (TPSA) is 69.7 Å². The van der Waals surface area contributed by atoms with Crippen molar-refractivity contribution in [1.82, 2.24) is 0 Å². The van der Waals surface area contributed by atoms with Gasteiger partial charge in [-0.25, -0.2) is 9.59 Å². The van der Waals surface area contributed by atoms with Crippen molar-refractivity contribution in [3.05, 3.63) is 57.4 Å². The smallest absolute Gasteiger partial charge is 0.347 e. The number of ether oxygens (including phenoxy) is 1. The van der Waals surface area contributed by atoms with Crippen molar-refractivity contribution in [2.24, 2.45) is 11.8 Å². The van der Waals surface area contributed by atoms with Gasteiger partial charge in [0.25, 0.3) is 0 Å². The summed E-state index contributed by atoms with van der Waals surface area (Å²) in [6, 6.07) is 3.82. The standard InChI is InChI=1S/C24H28O5/c1-11(2)19(17-9-13(5)27-15(17)7)21-22(24(26)29-23(21)25)20(12(3)4)18-10-14(6)28-16(18)8/h9-12H,1-8H3/b21-19-,22-20-. The molecule has 5 heteroatoms. The van der Waals surface area contributed by atoms with Crippen LogP contribution in [0.15, 0.2) is 32.1 Å². The minimum Gasteiger partial charge on any atom is -0.466 e. The predicted octanol–water partition coefficient (Wildman–Crippen LogP) is 5.71. The molecule has 1 aliphatic heterocycles. The Morgan fingerprint density at radius 2 is 1.03 bits per heavy atom. The highest BCUT2D eigenvalue weighted by atomic mass is 16.6. The van der Waals surface area contributed by atoms with Crippen LogP contribution in [-0.2, 0) is 14.3 Å². The van der Waals surface area contributed by atoms with Crippen molar-refractivity contribution in [1.29, 1.82) is 0 Å². The van der Waals surface area contributed by atoms with E-state index in [9.17, 15) is 9.59 Å². The third-order valence-corrected chi connectivity index (χ3v) is 5.20. The molecular formula is C24H28O5. The molecule has 154 valence electrons. The van der Waals surface area contributed by atoms with Crippen LogP contribution in [0.25, 0.3) is 11.1 Å². The lowest BCUT2D eigenvalue weighted by molar-refractivity contribution is -0.149. The first-order chi connectivity index (χ1) is 13.5. The average molecular weight is 396 g/mol. The molecule has 2 aromatic heterocycles. The Morgan fingerprint density at radius 3 is 1.28 bits per heavy atom. The maximum Gasteiger partial charge on any atom is 0.347 e. The van der Waals surface area contributed by atoms with Crippen LogP contribution in [-0.4, -0.2) is 11.9 Å². The first-order valence-corrected chi connectivity index (χ1v) is 9.92. The van der Waals surface area contributed by atoms with E-state index in [0.717, 1.165) is 33.8 Å². The molecule has 0 amide bonds. The fourth-order valence-corrected chi connectivity index (χ4v) is 4.14. The highest BCUT2D eigenvalue weighted by Gasteiger charge is 2.41. The first kappa shape index (κ1) is 20.9. The number of furan rings is 2. The molecule has 0 saturated carbocycles.